The minimum atomic E-state index is -0.963. The van der Waals surface area contributed by atoms with Crippen LogP contribution in [0, 0.1) is 39.0 Å². The van der Waals surface area contributed by atoms with Gasteiger partial charge in [-0.1, -0.05) is 81.4 Å². The zero-order valence-corrected chi connectivity index (χ0v) is 44.1. The van der Waals surface area contributed by atoms with E-state index in [2.05, 4.69) is 45.0 Å². The number of amides is 4. The van der Waals surface area contributed by atoms with Gasteiger partial charge in [-0.25, -0.2) is 4.98 Å². The zero-order chi connectivity index (χ0) is 52.0. The number of ether oxygens (including phenoxy) is 1. The summed E-state index contributed by atoms with van der Waals surface area (Å²) in [4.78, 5) is 80.9. The highest BCUT2D eigenvalue weighted by atomic mass is 32.1. The maximum absolute atomic E-state index is 14.3. The topological polar surface area (TPSA) is 210 Å². The molecule has 5 heterocycles. The molecule has 380 valence electrons. The third kappa shape index (κ3) is 10.4. The summed E-state index contributed by atoms with van der Waals surface area (Å²) in [5.74, 6) is -0.865. The van der Waals surface area contributed by atoms with Crippen molar-refractivity contribution in [2.45, 2.75) is 117 Å². The van der Waals surface area contributed by atoms with E-state index >= 15 is 0 Å². The Labute approximate surface area is 432 Å². The number of esters is 1. The number of fused-ring (bicyclic) bond motifs is 3. The van der Waals surface area contributed by atoms with E-state index in [0.29, 0.717) is 30.1 Å². The summed E-state index contributed by atoms with van der Waals surface area (Å²) in [6, 6.07) is 20.3. The minimum absolute atomic E-state index is 0.0169. The average molecular weight is 1020 g/mol. The molecule has 0 unspecified atom stereocenters. The summed E-state index contributed by atoms with van der Waals surface area (Å²) in [7, 11) is 1.36. The van der Waals surface area contributed by atoms with Crippen LogP contribution < -0.4 is 16.0 Å². The third-order valence-corrected chi connectivity index (χ3v) is 16.5. The largest absolute Gasteiger partial charge is 0.469 e. The van der Waals surface area contributed by atoms with E-state index < -0.39 is 47.4 Å². The van der Waals surface area contributed by atoms with Crippen molar-refractivity contribution in [3.8, 4) is 26.6 Å². The van der Waals surface area contributed by atoms with E-state index in [1.807, 2.05) is 112 Å². The second kappa shape index (κ2) is 20.6. The number of thiazole rings is 1. The molecule has 3 aromatic heterocycles. The summed E-state index contributed by atoms with van der Waals surface area (Å²) in [6.45, 7) is 15.5. The highest BCUT2D eigenvalue weighted by molar-refractivity contribution is 7.15. The molecule has 9 rings (SSSR count). The number of aliphatic hydroxyl groups excluding tert-OH is 1. The Kier molecular flexibility index (Phi) is 14.4. The van der Waals surface area contributed by atoms with Gasteiger partial charge in [-0.2, -0.15) is 0 Å². The molecule has 0 radical (unpaired) electrons. The molecule has 1 aliphatic carbocycles. The zero-order valence-electron chi connectivity index (χ0n) is 42.5. The summed E-state index contributed by atoms with van der Waals surface area (Å²) in [5, 5.41) is 29.6. The van der Waals surface area contributed by atoms with Crippen molar-refractivity contribution in [3.05, 3.63) is 128 Å². The molecule has 4 amide bonds. The van der Waals surface area contributed by atoms with E-state index in [9.17, 15) is 29.1 Å². The molecule has 3 aromatic carbocycles. The Morgan fingerprint density at radius 1 is 0.836 bits per heavy atom. The Morgan fingerprint density at radius 3 is 2.11 bits per heavy atom. The smallest absolute Gasteiger partial charge is 0.308 e. The number of nitrogens with zero attached hydrogens (tertiary/aromatic N) is 6. The fourth-order valence-corrected chi connectivity index (χ4v) is 11.9. The van der Waals surface area contributed by atoms with Crippen molar-refractivity contribution in [1.82, 2.24) is 40.6 Å². The summed E-state index contributed by atoms with van der Waals surface area (Å²) >= 11 is 3.22. The normalized spacial score (nSPS) is 20.1. The van der Waals surface area contributed by atoms with Crippen LogP contribution in [0.2, 0.25) is 0 Å². The first-order valence-corrected chi connectivity index (χ1v) is 26.3. The summed E-state index contributed by atoms with van der Waals surface area (Å²) < 4.78 is 7.03. The van der Waals surface area contributed by atoms with Crippen molar-refractivity contribution in [3.63, 3.8) is 0 Å². The number of hydrogen-bond acceptors (Lipinski definition) is 13. The number of methoxy groups -OCH3 is 1. The number of aromatic nitrogens is 4. The van der Waals surface area contributed by atoms with Crippen LogP contribution in [0.25, 0.3) is 26.6 Å². The molecule has 2 fully saturated rings. The Balaban J connectivity index is 0.799. The van der Waals surface area contributed by atoms with Crippen molar-refractivity contribution in [2.75, 3.05) is 13.7 Å². The molecule has 1 saturated heterocycles. The van der Waals surface area contributed by atoms with E-state index in [4.69, 9.17) is 9.73 Å². The number of carbonyl (C=O) groups excluding carboxylic acids is 5. The van der Waals surface area contributed by atoms with Crippen molar-refractivity contribution in [2.24, 2.45) is 16.3 Å². The van der Waals surface area contributed by atoms with E-state index in [1.165, 1.54) is 12.0 Å². The lowest BCUT2D eigenvalue weighted by molar-refractivity contribution is -0.145. The number of aliphatic hydroxyl groups is 1. The second-order valence-corrected chi connectivity index (χ2v) is 22.6. The molecular weight excluding hydrogens is 963 g/mol. The van der Waals surface area contributed by atoms with Gasteiger partial charge in [0.25, 0.3) is 5.91 Å². The predicted molar refractivity (Wildman–Crippen MR) is 281 cm³/mol. The van der Waals surface area contributed by atoms with Crippen molar-refractivity contribution < 1.29 is 33.8 Å². The van der Waals surface area contributed by atoms with Gasteiger partial charge in [0.05, 0.1) is 47.5 Å². The highest BCUT2D eigenvalue weighted by Crippen LogP contribution is 2.40. The van der Waals surface area contributed by atoms with Crippen LogP contribution in [-0.2, 0) is 23.9 Å². The maximum Gasteiger partial charge on any atom is 0.308 e. The molecule has 6 aromatic rings. The molecular formula is C55H61N9O7S2. The number of β-amino-alcohol motifs (C(OH)–C–C–N with tert-alkyl or cyclic N) is 1. The first-order valence-electron chi connectivity index (χ1n) is 24.6. The van der Waals surface area contributed by atoms with Gasteiger partial charge in [0.1, 0.15) is 29.0 Å². The van der Waals surface area contributed by atoms with E-state index in [1.54, 1.807) is 34.8 Å². The van der Waals surface area contributed by atoms with Crippen LogP contribution >= 0.6 is 22.7 Å². The van der Waals surface area contributed by atoms with Crippen LogP contribution in [-0.4, -0.2) is 103 Å². The fourth-order valence-electron chi connectivity index (χ4n) is 9.89. The molecule has 5 atom stereocenters. The van der Waals surface area contributed by atoms with Gasteiger partial charge in [-0.3, -0.25) is 33.5 Å². The SMILES string of the molecule is COC(=O)C[C@@H]1N=C(c2ccc(-c3ccc(C(=O)N[C@H]4C[C@H](C(=O)N[C@H](C(=O)N5C[C@H](O)C[C@H]5C(=O)N[C@@H](C)c5ccc(-c6scnc6C)cc5)C(C)(C)C)C4)cc3)cc2)c2c(sc(C)c2C)-n2c(C)nnc21. The van der Waals surface area contributed by atoms with Gasteiger partial charge in [0.2, 0.25) is 17.7 Å². The number of carbonyl (C=O) groups is 5. The van der Waals surface area contributed by atoms with Crippen LogP contribution in [0.3, 0.4) is 0 Å². The second-order valence-electron chi connectivity index (χ2n) is 20.5. The molecule has 4 N–H and O–H groups in total. The predicted octanol–water partition coefficient (Wildman–Crippen LogP) is 7.69. The molecule has 16 nitrogen and oxygen atoms in total. The monoisotopic (exact) mass is 1020 g/mol. The van der Waals surface area contributed by atoms with Crippen LogP contribution in [0.15, 0.2) is 83.3 Å². The summed E-state index contributed by atoms with van der Waals surface area (Å²) in [5.41, 5.74) is 10.1. The molecule has 1 saturated carbocycles. The Bertz CT molecular complexity index is 3110. The van der Waals surface area contributed by atoms with Gasteiger partial charge in [-0.15, -0.1) is 32.9 Å². The van der Waals surface area contributed by atoms with Crippen molar-refractivity contribution >= 4 is 58.0 Å². The van der Waals surface area contributed by atoms with E-state index in [-0.39, 0.29) is 49.2 Å². The lowest BCUT2D eigenvalue weighted by Crippen LogP contribution is -2.60. The number of thiophene rings is 1. The first kappa shape index (κ1) is 51.0. The lowest BCUT2D eigenvalue weighted by Gasteiger charge is -2.39. The first-order chi connectivity index (χ1) is 34.8. The number of nitrogens with one attached hydrogen (secondary N) is 3. The molecule has 73 heavy (non-hydrogen) atoms. The van der Waals surface area contributed by atoms with Gasteiger partial charge in [0.15, 0.2) is 5.82 Å². The minimum Gasteiger partial charge on any atom is -0.469 e. The van der Waals surface area contributed by atoms with Gasteiger partial charge in [-0.05, 0) is 92.8 Å². The van der Waals surface area contributed by atoms with Crippen LogP contribution in [0.4, 0.5) is 0 Å². The molecule has 18 heteroatoms. The van der Waals surface area contributed by atoms with Crippen molar-refractivity contribution in [1.29, 1.82) is 0 Å². The maximum atomic E-state index is 14.3. The number of likely N-dealkylation sites (tertiary alicyclic amines) is 1. The third-order valence-electron chi connectivity index (χ3n) is 14.4. The molecule has 3 aliphatic rings. The number of rotatable bonds is 13. The molecule has 2 aliphatic heterocycles. The number of hydrogen-bond donors (Lipinski definition) is 4. The quantitative estimate of drug-likeness (QED) is 0.0829. The van der Waals surface area contributed by atoms with Gasteiger partial charge < -0.3 is 30.7 Å². The molecule has 0 spiro atoms. The Hall–Kier alpha value is -6.89. The summed E-state index contributed by atoms with van der Waals surface area (Å²) in [6.07, 6.45) is 0.0201. The fraction of sp³-hybridized carbons (Fsp3) is 0.400. The number of benzene rings is 3. The van der Waals surface area contributed by atoms with Gasteiger partial charge >= 0.3 is 5.97 Å². The highest BCUT2D eigenvalue weighted by Gasteiger charge is 2.46. The molecule has 0 bridgehead atoms. The van der Waals surface area contributed by atoms with E-state index in [0.717, 1.165) is 65.1 Å². The number of aliphatic imine (C=N–C) groups is 1. The van der Waals surface area contributed by atoms with Crippen LogP contribution in [0.1, 0.15) is 120 Å². The average Bonchev–Trinajstić information content (AvgIpc) is 4.13. The Morgan fingerprint density at radius 2 is 1.48 bits per heavy atom. The lowest BCUT2D eigenvalue weighted by atomic mass is 9.78. The number of aryl methyl sites for hydroxylation is 3. The van der Waals surface area contributed by atoms with Gasteiger partial charge in [0, 0.05) is 46.5 Å². The standard InChI is InChI=1S/C55H61N9O7S2/c1-28-31(4)73-54-45(28)46(59-42(25-44(66)71-9)49-62-61-32(5)64(49)54)36-16-12-34(13-17-36)35-14-20-38(21-15-35)50(67)58-40-22-39(23-40)51(68)60-48(55(6,7)8)53(70)63-26-41(65)24-43(63)52(69)57-29(2)33-10-18-37(19-11-33)47-30(3)56-27-72-47/h10-21,27,29,39-43,48,65H,22-26H2,1-9H3,(H,57,69)(H,58,67)(H,60,68)/t29-,39-,40-,41+,42-,43-,48+/m0/s1. The van der Waals surface area contributed by atoms with Crippen LogP contribution in [0.5, 0.6) is 0 Å².